The van der Waals surface area contributed by atoms with Crippen LogP contribution in [-0.2, 0) is 4.79 Å². The first kappa shape index (κ1) is 27.7. The lowest BCUT2D eigenvalue weighted by molar-refractivity contribution is -0.148. The van der Waals surface area contributed by atoms with E-state index in [1.54, 1.807) is 0 Å². The Morgan fingerprint density at radius 3 is 2.18 bits per heavy atom. The molecular weight excluding hydrogens is 410 g/mol. The summed E-state index contributed by atoms with van der Waals surface area (Å²) in [6.07, 6.45) is 16.7. The Hall–Kier alpha value is -1.59. The zero-order chi connectivity index (χ0) is 23.9. The lowest BCUT2D eigenvalue weighted by Crippen LogP contribution is -2.58. The molecular formula is C28H49N3O2. The fourth-order valence-corrected chi connectivity index (χ4v) is 5.13. The predicted octanol–water partition coefficient (Wildman–Crippen LogP) is 6.10. The van der Waals surface area contributed by atoms with Crippen LogP contribution in [0.25, 0.3) is 0 Å². The molecule has 1 saturated carbocycles. The van der Waals surface area contributed by atoms with Gasteiger partial charge in [-0.1, -0.05) is 96.3 Å². The lowest BCUT2D eigenvalue weighted by atomic mass is 9.73. The Labute approximate surface area is 202 Å². The van der Waals surface area contributed by atoms with E-state index in [-0.39, 0.29) is 17.9 Å². The largest absolute Gasteiger partial charge is 0.380 e. The molecule has 1 aliphatic rings. The van der Waals surface area contributed by atoms with Crippen molar-refractivity contribution in [1.29, 1.82) is 0 Å². The summed E-state index contributed by atoms with van der Waals surface area (Å²) < 4.78 is 0. The molecule has 3 atom stereocenters. The van der Waals surface area contributed by atoms with E-state index in [0.29, 0.717) is 12.8 Å². The molecule has 0 aromatic heterocycles. The smallest absolute Gasteiger partial charge is 0.270 e. The molecule has 1 aromatic rings. The van der Waals surface area contributed by atoms with Crippen LogP contribution >= 0.6 is 0 Å². The van der Waals surface area contributed by atoms with Crippen LogP contribution in [0, 0.1) is 5.92 Å². The van der Waals surface area contributed by atoms with Gasteiger partial charge in [0.2, 0.25) is 0 Å². The van der Waals surface area contributed by atoms with Crippen molar-refractivity contribution in [3.8, 4) is 0 Å². The summed E-state index contributed by atoms with van der Waals surface area (Å²) in [6, 6.07) is 10.1. The zero-order valence-electron chi connectivity index (χ0n) is 21.2. The van der Waals surface area contributed by atoms with Crippen molar-refractivity contribution in [3.05, 3.63) is 30.3 Å². The third-order valence-electron chi connectivity index (χ3n) is 7.36. The number of para-hydroxylation sites is 1. The van der Waals surface area contributed by atoms with Crippen molar-refractivity contribution >= 4 is 11.6 Å². The van der Waals surface area contributed by atoms with Gasteiger partial charge in [0.1, 0.15) is 5.60 Å². The molecule has 5 nitrogen and oxygen atoms in total. The summed E-state index contributed by atoms with van der Waals surface area (Å²) in [6.45, 7) is 4.90. The van der Waals surface area contributed by atoms with Crippen molar-refractivity contribution in [2.45, 2.75) is 122 Å². The molecule has 2 rings (SSSR count). The number of hydrogen-bond acceptors (Lipinski definition) is 4. The summed E-state index contributed by atoms with van der Waals surface area (Å²) in [5.41, 5.74) is 8.82. The van der Waals surface area contributed by atoms with Crippen LogP contribution in [0.1, 0.15) is 110 Å². The molecule has 0 spiro atoms. The van der Waals surface area contributed by atoms with E-state index in [9.17, 15) is 9.90 Å². The number of hydrogen-bond donors (Lipinski definition) is 3. The summed E-state index contributed by atoms with van der Waals surface area (Å²) in [7, 11) is 0. The Kier molecular flexibility index (Phi) is 12.9. The molecule has 1 aliphatic carbocycles. The number of nitrogens with two attached hydrogens (primary N) is 1. The van der Waals surface area contributed by atoms with Gasteiger partial charge in [0.15, 0.2) is 0 Å². The molecule has 0 radical (unpaired) electrons. The molecule has 5 heteroatoms. The fraction of sp³-hybridized carbons (Fsp3) is 0.750. The zero-order valence-corrected chi connectivity index (χ0v) is 21.2. The number of hydrazine groups is 1. The average molecular weight is 460 g/mol. The van der Waals surface area contributed by atoms with Crippen molar-refractivity contribution < 1.29 is 9.90 Å². The average Bonchev–Trinajstić information content (AvgIpc) is 2.84. The minimum Gasteiger partial charge on any atom is -0.380 e. The second kappa shape index (κ2) is 15.3. The Balaban J connectivity index is 1.86. The minimum atomic E-state index is -1.37. The van der Waals surface area contributed by atoms with Crippen molar-refractivity contribution in [1.82, 2.24) is 5.43 Å². The molecule has 1 aromatic carbocycles. The van der Waals surface area contributed by atoms with Crippen LogP contribution in [0.3, 0.4) is 0 Å². The van der Waals surface area contributed by atoms with Crippen LogP contribution in [0.2, 0.25) is 0 Å². The number of nitrogens with zero attached hydrogens (tertiary/aromatic N) is 1. The topological polar surface area (TPSA) is 78.6 Å². The van der Waals surface area contributed by atoms with E-state index < -0.39 is 5.60 Å². The summed E-state index contributed by atoms with van der Waals surface area (Å²) in [5, 5.41) is 13.3. The monoisotopic (exact) mass is 459 g/mol. The van der Waals surface area contributed by atoms with E-state index in [0.717, 1.165) is 44.3 Å². The number of carbonyl (C=O) groups excluding carboxylic acids is 1. The van der Waals surface area contributed by atoms with Gasteiger partial charge in [-0.15, -0.1) is 0 Å². The van der Waals surface area contributed by atoms with Crippen LogP contribution in [0.15, 0.2) is 30.3 Å². The summed E-state index contributed by atoms with van der Waals surface area (Å²) in [5.74, 6) is -0.374. The predicted molar refractivity (Wildman–Crippen MR) is 139 cm³/mol. The SMILES string of the molecule is CCCCCCCCCCCCN(NC(=O)C(O)(CC)C1CCC[C@@H](N)C1)c1ccccc1. The van der Waals surface area contributed by atoms with Gasteiger partial charge >= 0.3 is 0 Å². The number of rotatable bonds is 16. The van der Waals surface area contributed by atoms with Gasteiger partial charge in [0, 0.05) is 12.6 Å². The van der Waals surface area contributed by atoms with Crippen LogP contribution in [-0.4, -0.2) is 29.2 Å². The Morgan fingerprint density at radius 1 is 1.00 bits per heavy atom. The van der Waals surface area contributed by atoms with E-state index in [1.165, 1.54) is 51.4 Å². The maximum absolute atomic E-state index is 13.3. The highest BCUT2D eigenvalue weighted by Crippen LogP contribution is 2.35. The van der Waals surface area contributed by atoms with E-state index in [4.69, 9.17) is 5.73 Å². The quantitative estimate of drug-likeness (QED) is 0.206. The molecule has 1 amide bonds. The minimum absolute atomic E-state index is 0.0755. The number of amides is 1. The van der Waals surface area contributed by atoms with Gasteiger partial charge in [0.05, 0.1) is 5.69 Å². The molecule has 0 saturated heterocycles. The number of benzene rings is 1. The maximum atomic E-state index is 13.3. The normalized spacial score (nSPS) is 20.2. The third-order valence-corrected chi connectivity index (χ3v) is 7.36. The highest BCUT2D eigenvalue weighted by molar-refractivity contribution is 5.86. The number of aliphatic hydroxyl groups is 1. The maximum Gasteiger partial charge on any atom is 0.270 e. The number of carbonyl (C=O) groups is 1. The Bertz CT molecular complexity index is 654. The second-order valence-electron chi connectivity index (χ2n) is 10.0. The number of anilines is 1. The third kappa shape index (κ3) is 9.29. The molecule has 188 valence electrons. The van der Waals surface area contributed by atoms with Gasteiger partial charge in [-0.05, 0) is 50.2 Å². The van der Waals surface area contributed by atoms with Gasteiger partial charge < -0.3 is 10.8 Å². The van der Waals surface area contributed by atoms with Gasteiger partial charge in [-0.3, -0.25) is 15.2 Å². The van der Waals surface area contributed by atoms with Gasteiger partial charge in [-0.2, -0.15) is 0 Å². The van der Waals surface area contributed by atoms with E-state index >= 15 is 0 Å². The Morgan fingerprint density at radius 2 is 1.61 bits per heavy atom. The van der Waals surface area contributed by atoms with Crippen LogP contribution in [0.4, 0.5) is 5.69 Å². The van der Waals surface area contributed by atoms with E-state index in [2.05, 4.69) is 12.3 Å². The van der Waals surface area contributed by atoms with Gasteiger partial charge in [0.25, 0.3) is 5.91 Å². The standard InChI is InChI=1S/C28H49N3O2/c1-3-5-6-7-8-9-10-11-12-16-22-31(26-20-14-13-15-21-26)30-27(32)28(33,4-2)24-18-17-19-25(29)23-24/h13-15,20-21,24-25,33H,3-12,16-19,22-23,29H2,1-2H3,(H,30,32)/t24?,25-,28?/m1/s1. The first-order valence-corrected chi connectivity index (χ1v) is 13.6. The molecule has 0 bridgehead atoms. The molecule has 0 aliphatic heterocycles. The first-order valence-electron chi connectivity index (χ1n) is 13.6. The highest BCUT2D eigenvalue weighted by Gasteiger charge is 2.44. The van der Waals surface area contributed by atoms with Gasteiger partial charge in [-0.25, -0.2) is 0 Å². The first-order chi connectivity index (χ1) is 16.0. The summed E-state index contributed by atoms with van der Waals surface area (Å²) in [4.78, 5) is 13.3. The lowest BCUT2D eigenvalue weighted by Gasteiger charge is -2.40. The molecule has 4 N–H and O–H groups in total. The van der Waals surface area contributed by atoms with Crippen molar-refractivity contribution in [2.75, 3.05) is 11.6 Å². The second-order valence-corrected chi connectivity index (χ2v) is 10.0. The highest BCUT2D eigenvalue weighted by atomic mass is 16.3. The fourth-order valence-electron chi connectivity index (χ4n) is 5.13. The number of nitrogens with one attached hydrogen (secondary N) is 1. The van der Waals surface area contributed by atoms with E-state index in [1.807, 2.05) is 42.3 Å². The molecule has 2 unspecified atom stereocenters. The molecule has 0 heterocycles. The molecule has 33 heavy (non-hydrogen) atoms. The van der Waals surface area contributed by atoms with Crippen molar-refractivity contribution in [3.63, 3.8) is 0 Å². The summed E-state index contributed by atoms with van der Waals surface area (Å²) >= 11 is 0. The van der Waals surface area contributed by atoms with Crippen LogP contribution < -0.4 is 16.2 Å². The van der Waals surface area contributed by atoms with Crippen LogP contribution in [0.5, 0.6) is 0 Å². The number of unbranched alkanes of at least 4 members (excludes halogenated alkanes) is 9. The van der Waals surface area contributed by atoms with Crippen molar-refractivity contribution in [2.24, 2.45) is 11.7 Å². The molecule has 1 fully saturated rings.